The van der Waals surface area contributed by atoms with E-state index in [2.05, 4.69) is 5.32 Å². The molecule has 1 amide bonds. The lowest BCUT2D eigenvalue weighted by atomic mass is 10.0. The van der Waals surface area contributed by atoms with E-state index in [1.165, 1.54) is 19.9 Å². The van der Waals surface area contributed by atoms with Gasteiger partial charge >= 0.3 is 5.97 Å². The molecule has 0 radical (unpaired) electrons. The third kappa shape index (κ3) is 4.25. The zero-order valence-corrected chi connectivity index (χ0v) is 11.7. The molecule has 0 aliphatic heterocycles. The number of aliphatic carboxylic acids is 1. The first-order valence-corrected chi connectivity index (χ1v) is 6.03. The first kappa shape index (κ1) is 15.0. The van der Waals surface area contributed by atoms with Crippen molar-refractivity contribution in [3.63, 3.8) is 0 Å². The van der Waals surface area contributed by atoms with E-state index in [1.54, 1.807) is 6.08 Å². The molecule has 0 fully saturated rings. The van der Waals surface area contributed by atoms with Crippen molar-refractivity contribution >= 4 is 18.0 Å². The quantitative estimate of drug-likeness (QED) is 0.817. The molecule has 0 aromatic heterocycles. The highest BCUT2D eigenvalue weighted by molar-refractivity contribution is 5.95. The van der Waals surface area contributed by atoms with Gasteiger partial charge in [-0.2, -0.15) is 0 Å². The summed E-state index contributed by atoms with van der Waals surface area (Å²) in [5.74, 6) is -1.49. The Morgan fingerprint density at radius 1 is 1.26 bits per heavy atom. The lowest BCUT2D eigenvalue weighted by Crippen LogP contribution is -2.49. The highest BCUT2D eigenvalue weighted by Crippen LogP contribution is 2.12. The number of carbonyl (C=O) groups is 2. The SMILES string of the molecule is Cc1ccc(/C=C/C(=O)NC(C)(C)C(=O)O)c(C)c1. The maximum Gasteiger partial charge on any atom is 0.328 e. The Labute approximate surface area is 113 Å². The summed E-state index contributed by atoms with van der Waals surface area (Å²) in [5, 5.41) is 11.3. The average Bonchev–Trinajstić information content (AvgIpc) is 2.27. The van der Waals surface area contributed by atoms with Gasteiger partial charge in [0.05, 0.1) is 0 Å². The van der Waals surface area contributed by atoms with Gasteiger partial charge in [-0.25, -0.2) is 4.79 Å². The fraction of sp³-hybridized carbons (Fsp3) is 0.333. The lowest BCUT2D eigenvalue weighted by Gasteiger charge is -2.19. The molecule has 1 aromatic rings. The van der Waals surface area contributed by atoms with E-state index in [1.807, 2.05) is 32.0 Å². The van der Waals surface area contributed by atoms with Crippen LogP contribution in [0.15, 0.2) is 24.3 Å². The maximum absolute atomic E-state index is 11.7. The molecule has 2 N–H and O–H groups in total. The molecule has 0 heterocycles. The molecular weight excluding hydrogens is 242 g/mol. The normalized spacial score (nSPS) is 11.6. The molecule has 1 aromatic carbocycles. The van der Waals surface area contributed by atoms with Crippen LogP contribution in [0.1, 0.15) is 30.5 Å². The average molecular weight is 261 g/mol. The van der Waals surface area contributed by atoms with E-state index >= 15 is 0 Å². The Morgan fingerprint density at radius 3 is 2.42 bits per heavy atom. The minimum absolute atomic E-state index is 0.424. The molecule has 0 saturated heterocycles. The molecule has 0 aliphatic rings. The van der Waals surface area contributed by atoms with Crippen LogP contribution >= 0.6 is 0 Å². The smallest absolute Gasteiger partial charge is 0.328 e. The molecule has 1 rings (SSSR count). The lowest BCUT2D eigenvalue weighted by molar-refractivity contribution is -0.145. The molecule has 19 heavy (non-hydrogen) atoms. The second-order valence-electron chi connectivity index (χ2n) is 5.11. The largest absolute Gasteiger partial charge is 0.480 e. The van der Waals surface area contributed by atoms with Gasteiger partial charge in [-0.15, -0.1) is 0 Å². The highest BCUT2D eigenvalue weighted by atomic mass is 16.4. The minimum Gasteiger partial charge on any atom is -0.480 e. The Kier molecular flexibility index (Phi) is 4.48. The molecule has 4 nitrogen and oxygen atoms in total. The predicted octanol–water partition coefficient (Wildman–Crippen LogP) is 2.30. The van der Waals surface area contributed by atoms with Gasteiger partial charge in [-0.05, 0) is 44.9 Å². The number of nitrogens with one attached hydrogen (secondary N) is 1. The summed E-state index contributed by atoms with van der Waals surface area (Å²) in [5.41, 5.74) is 1.89. The number of aryl methyl sites for hydroxylation is 2. The van der Waals surface area contributed by atoms with Gasteiger partial charge in [0.1, 0.15) is 5.54 Å². The van der Waals surface area contributed by atoms with Crippen molar-refractivity contribution in [3.05, 3.63) is 41.0 Å². The number of rotatable bonds is 4. The van der Waals surface area contributed by atoms with E-state index < -0.39 is 17.4 Å². The maximum atomic E-state index is 11.7. The Morgan fingerprint density at radius 2 is 1.89 bits per heavy atom. The van der Waals surface area contributed by atoms with Crippen molar-refractivity contribution in [1.29, 1.82) is 0 Å². The van der Waals surface area contributed by atoms with Crippen LogP contribution in [0.4, 0.5) is 0 Å². The second kappa shape index (κ2) is 5.69. The third-order valence-electron chi connectivity index (χ3n) is 2.81. The number of carboxylic acid groups (broad SMARTS) is 1. The van der Waals surface area contributed by atoms with E-state index in [4.69, 9.17) is 5.11 Å². The molecule has 0 aliphatic carbocycles. The summed E-state index contributed by atoms with van der Waals surface area (Å²) < 4.78 is 0. The summed E-state index contributed by atoms with van der Waals surface area (Å²) in [4.78, 5) is 22.5. The van der Waals surface area contributed by atoms with Crippen molar-refractivity contribution in [3.8, 4) is 0 Å². The van der Waals surface area contributed by atoms with Crippen LogP contribution < -0.4 is 5.32 Å². The van der Waals surface area contributed by atoms with Gasteiger partial charge in [-0.3, -0.25) is 4.79 Å². The van der Waals surface area contributed by atoms with Crippen molar-refractivity contribution in [2.24, 2.45) is 0 Å². The molecule has 0 saturated carbocycles. The summed E-state index contributed by atoms with van der Waals surface area (Å²) >= 11 is 0. The van der Waals surface area contributed by atoms with Crippen LogP contribution in [0.25, 0.3) is 6.08 Å². The minimum atomic E-state index is -1.27. The number of hydrogen-bond donors (Lipinski definition) is 2. The van der Waals surface area contributed by atoms with Gasteiger partial charge in [0.25, 0.3) is 0 Å². The molecule has 0 atom stereocenters. The van der Waals surface area contributed by atoms with Crippen molar-refractivity contribution < 1.29 is 14.7 Å². The number of amides is 1. The van der Waals surface area contributed by atoms with Gasteiger partial charge in [0.15, 0.2) is 0 Å². The number of carbonyl (C=O) groups excluding carboxylic acids is 1. The fourth-order valence-corrected chi connectivity index (χ4v) is 1.58. The van der Waals surface area contributed by atoms with Crippen molar-refractivity contribution in [1.82, 2.24) is 5.32 Å². The second-order valence-corrected chi connectivity index (χ2v) is 5.11. The molecule has 0 bridgehead atoms. The Bertz CT molecular complexity index is 530. The number of benzene rings is 1. The number of carboxylic acids is 1. The van der Waals surface area contributed by atoms with Gasteiger partial charge in [0.2, 0.25) is 5.91 Å². The van der Waals surface area contributed by atoms with Crippen LogP contribution in [-0.2, 0) is 9.59 Å². The van der Waals surface area contributed by atoms with Gasteiger partial charge in [-0.1, -0.05) is 23.8 Å². The molecule has 4 heteroatoms. The third-order valence-corrected chi connectivity index (χ3v) is 2.81. The molecular formula is C15H19NO3. The zero-order valence-electron chi connectivity index (χ0n) is 11.7. The number of hydrogen-bond acceptors (Lipinski definition) is 2. The Hall–Kier alpha value is -2.10. The topological polar surface area (TPSA) is 66.4 Å². The zero-order chi connectivity index (χ0) is 14.6. The summed E-state index contributed by atoms with van der Waals surface area (Å²) in [6.07, 6.45) is 3.03. The van der Waals surface area contributed by atoms with E-state index in [9.17, 15) is 9.59 Å². The van der Waals surface area contributed by atoms with Crippen molar-refractivity contribution in [2.45, 2.75) is 33.2 Å². The first-order valence-electron chi connectivity index (χ1n) is 6.03. The molecule has 0 unspecified atom stereocenters. The Balaban J connectivity index is 2.77. The molecule has 102 valence electrons. The first-order chi connectivity index (χ1) is 8.72. The van der Waals surface area contributed by atoms with E-state index in [-0.39, 0.29) is 0 Å². The standard InChI is InChI=1S/C15H19NO3/c1-10-5-6-12(11(2)9-10)7-8-13(17)16-15(3,4)14(18)19/h5-9H,1-4H3,(H,16,17)(H,18,19)/b8-7+. The molecule has 0 spiro atoms. The van der Waals surface area contributed by atoms with E-state index in [0.717, 1.165) is 16.7 Å². The van der Waals surface area contributed by atoms with Crippen LogP contribution in [0.5, 0.6) is 0 Å². The van der Waals surface area contributed by atoms with Gasteiger partial charge in [0, 0.05) is 6.08 Å². The summed E-state index contributed by atoms with van der Waals surface area (Å²) in [6, 6.07) is 5.92. The highest BCUT2D eigenvalue weighted by Gasteiger charge is 2.27. The van der Waals surface area contributed by atoms with Crippen LogP contribution in [-0.4, -0.2) is 22.5 Å². The predicted molar refractivity (Wildman–Crippen MR) is 74.8 cm³/mol. The monoisotopic (exact) mass is 261 g/mol. The summed E-state index contributed by atoms with van der Waals surface area (Å²) in [7, 11) is 0. The fourth-order valence-electron chi connectivity index (χ4n) is 1.58. The summed E-state index contributed by atoms with van der Waals surface area (Å²) in [6.45, 7) is 6.85. The van der Waals surface area contributed by atoms with Crippen LogP contribution in [0.3, 0.4) is 0 Å². The van der Waals surface area contributed by atoms with Crippen molar-refractivity contribution in [2.75, 3.05) is 0 Å². The van der Waals surface area contributed by atoms with E-state index in [0.29, 0.717) is 0 Å². The van der Waals surface area contributed by atoms with Crippen LogP contribution in [0, 0.1) is 13.8 Å². The van der Waals surface area contributed by atoms with Crippen LogP contribution in [0.2, 0.25) is 0 Å². The van der Waals surface area contributed by atoms with Gasteiger partial charge < -0.3 is 10.4 Å².